The molecule has 4 N–H and O–H groups in total. The summed E-state index contributed by atoms with van der Waals surface area (Å²) in [6, 6.07) is -0.377. The highest BCUT2D eigenvalue weighted by atomic mass is 32.2. The fourth-order valence-electron chi connectivity index (χ4n) is 1.01. The Balaban J connectivity index is 2.25. The van der Waals surface area contributed by atoms with E-state index in [4.69, 9.17) is 5.73 Å². The first kappa shape index (κ1) is 11.3. The molecule has 1 saturated heterocycles. The summed E-state index contributed by atoms with van der Waals surface area (Å²) in [5.74, 6) is 0.661. The lowest BCUT2D eigenvalue weighted by Gasteiger charge is -2.13. The number of hydrogen-bond acceptors (Lipinski definition) is 4. The molecule has 1 aliphatic heterocycles. The van der Waals surface area contributed by atoms with Gasteiger partial charge in [0.15, 0.2) is 0 Å². The Morgan fingerprint density at radius 3 is 3.07 bits per heavy atom. The van der Waals surface area contributed by atoms with Crippen molar-refractivity contribution < 1.29 is 9.59 Å². The predicted molar refractivity (Wildman–Crippen MR) is 56.0 cm³/mol. The van der Waals surface area contributed by atoms with Gasteiger partial charge >= 0.3 is 0 Å². The molecule has 1 heterocycles. The predicted octanol–water partition coefficient (Wildman–Crippen LogP) is -0.478. The number of nitrogens with one attached hydrogen (secondary N) is 2. The van der Waals surface area contributed by atoms with E-state index in [0.717, 1.165) is 11.8 Å². The third-order valence-electron chi connectivity index (χ3n) is 2.02. The van der Waals surface area contributed by atoms with Gasteiger partial charge in [-0.25, -0.2) is 0 Å². The second kappa shape index (κ2) is 5.21. The number of nitrogens with two attached hydrogens (primary N) is 1. The Morgan fingerprint density at radius 2 is 2.57 bits per heavy atom. The minimum Gasteiger partial charge on any atom is -0.354 e. The molecule has 6 heteroatoms. The van der Waals surface area contributed by atoms with Crippen LogP contribution < -0.4 is 16.4 Å². The number of thioether (sulfide) groups is 1. The lowest BCUT2D eigenvalue weighted by Crippen LogP contribution is -2.44. The zero-order valence-electron chi connectivity index (χ0n) is 8.08. The van der Waals surface area contributed by atoms with Crippen molar-refractivity contribution in [3.05, 3.63) is 0 Å². The molecule has 1 unspecified atom stereocenters. The maximum Gasteiger partial charge on any atom is 0.279 e. The average molecular weight is 217 g/mol. The average Bonchev–Trinajstić information content (AvgIpc) is 2.60. The third kappa shape index (κ3) is 3.19. The van der Waals surface area contributed by atoms with Gasteiger partial charge in [0.05, 0.1) is 0 Å². The van der Waals surface area contributed by atoms with Crippen LogP contribution in [0.1, 0.15) is 6.92 Å². The van der Waals surface area contributed by atoms with Crippen LogP contribution in [0.4, 0.5) is 4.79 Å². The first-order valence-corrected chi connectivity index (χ1v) is 5.53. The molecule has 0 aromatic carbocycles. The van der Waals surface area contributed by atoms with Crippen LogP contribution in [0.3, 0.4) is 0 Å². The summed E-state index contributed by atoms with van der Waals surface area (Å²) in [7, 11) is 0. The van der Waals surface area contributed by atoms with Crippen LogP contribution in [-0.2, 0) is 4.79 Å². The van der Waals surface area contributed by atoms with Crippen molar-refractivity contribution in [3.63, 3.8) is 0 Å². The number of amides is 2. The second-order valence-electron chi connectivity index (χ2n) is 3.38. The van der Waals surface area contributed by atoms with Crippen molar-refractivity contribution >= 4 is 22.9 Å². The molecular formula is C8H15N3O2S. The molecule has 0 aromatic rings. The zero-order valence-corrected chi connectivity index (χ0v) is 8.89. The van der Waals surface area contributed by atoms with Gasteiger partial charge in [0, 0.05) is 12.3 Å². The number of rotatable bonds is 4. The van der Waals surface area contributed by atoms with E-state index < -0.39 is 0 Å². The number of carbonyl (C=O) groups excluding carboxylic acids is 2. The lowest BCUT2D eigenvalue weighted by molar-refractivity contribution is -0.122. The van der Waals surface area contributed by atoms with Crippen LogP contribution in [0.5, 0.6) is 0 Å². The quantitative estimate of drug-likeness (QED) is 0.594. The van der Waals surface area contributed by atoms with Crippen molar-refractivity contribution in [1.82, 2.24) is 10.6 Å². The summed E-state index contributed by atoms with van der Waals surface area (Å²) in [5, 5.41) is 5.20. The Kier molecular flexibility index (Phi) is 4.21. The van der Waals surface area contributed by atoms with Crippen molar-refractivity contribution in [2.75, 3.05) is 18.8 Å². The van der Waals surface area contributed by atoms with Crippen LogP contribution in [0, 0.1) is 5.92 Å². The van der Waals surface area contributed by atoms with E-state index in [9.17, 15) is 9.59 Å². The molecular weight excluding hydrogens is 202 g/mol. The molecule has 2 amide bonds. The SMILES string of the molecule is CC(CN)CNC(=O)[C@@H]1CSC(=O)N1. The highest BCUT2D eigenvalue weighted by Gasteiger charge is 2.27. The van der Waals surface area contributed by atoms with Crippen LogP contribution >= 0.6 is 11.8 Å². The standard InChI is InChI=1S/C8H15N3O2S/c1-5(2-9)3-10-7(12)6-4-14-8(13)11-6/h5-6H,2-4,9H2,1H3,(H,10,12)(H,11,13)/t5?,6-/m0/s1. The highest BCUT2D eigenvalue weighted by Crippen LogP contribution is 2.12. The summed E-state index contributed by atoms with van der Waals surface area (Å²) < 4.78 is 0. The molecule has 0 radical (unpaired) electrons. The monoisotopic (exact) mass is 217 g/mol. The highest BCUT2D eigenvalue weighted by molar-refractivity contribution is 8.14. The van der Waals surface area contributed by atoms with E-state index in [1.54, 1.807) is 0 Å². The first-order valence-electron chi connectivity index (χ1n) is 4.54. The number of hydrogen-bond donors (Lipinski definition) is 3. The molecule has 80 valence electrons. The summed E-state index contributed by atoms with van der Waals surface area (Å²) >= 11 is 1.14. The van der Waals surface area contributed by atoms with E-state index in [1.165, 1.54) is 0 Å². The molecule has 0 saturated carbocycles. The molecule has 1 rings (SSSR count). The van der Waals surface area contributed by atoms with Crippen molar-refractivity contribution in [2.24, 2.45) is 11.7 Å². The normalized spacial score (nSPS) is 23.0. The molecule has 0 spiro atoms. The maximum atomic E-state index is 11.4. The van der Waals surface area contributed by atoms with Crippen LogP contribution in [0.15, 0.2) is 0 Å². The van der Waals surface area contributed by atoms with Crippen LogP contribution in [-0.4, -0.2) is 36.0 Å². The van der Waals surface area contributed by atoms with Gasteiger partial charge in [-0.1, -0.05) is 18.7 Å². The first-order chi connectivity index (χ1) is 6.63. The smallest absolute Gasteiger partial charge is 0.279 e. The van der Waals surface area contributed by atoms with Crippen LogP contribution in [0.25, 0.3) is 0 Å². The maximum absolute atomic E-state index is 11.4. The van der Waals surface area contributed by atoms with Crippen molar-refractivity contribution in [1.29, 1.82) is 0 Å². The van der Waals surface area contributed by atoms with Crippen molar-refractivity contribution in [2.45, 2.75) is 13.0 Å². The fourth-order valence-corrected chi connectivity index (χ4v) is 1.79. The Labute approximate surface area is 87.2 Å². The molecule has 14 heavy (non-hydrogen) atoms. The van der Waals surface area contributed by atoms with E-state index in [1.807, 2.05) is 6.92 Å². The summed E-state index contributed by atoms with van der Waals surface area (Å²) in [6.07, 6.45) is 0. The lowest BCUT2D eigenvalue weighted by atomic mass is 10.2. The molecule has 1 fully saturated rings. The van der Waals surface area contributed by atoms with E-state index in [2.05, 4.69) is 10.6 Å². The van der Waals surface area contributed by atoms with Gasteiger partial charge in [0.25, 0.3) is 5.24 Å². The molecule has 0 aliphatic carbocycles. The molecule has 0 bridgehead atoms. The van der Waals surface area contributed by atoms with E-state index in [-0.39, 0.29) is 23.1 Å². The van der Waals surface area contributed by atoms with Gasteiger partial charge in [-0.15, -0.1) is 0 Å². The fraction of sp³-hybridized carbons (Fsp3) is 0.750. The molecule has 2 atom stereocenters. The van der Waals surface area contributed by atoms with Gasteiger partial charge in [0.2, 0.25) is 5.91 Å². The Hall–Kier alpha value is -0.750. The summed E-state index contributed by atoms with van der Waals surface area (Å²) in [5.41, 5.74) is 5.41. The largest absolute Gasteiger partial charge is 0.354 e. The van der Waals surface area contributed by atoms with Gasteiger partial charge in [-0.05, 0) is 12.5 Å². The molecule has 1 aliphatic rings. The van der Waals surface area contributed by atoms with E-state index in [0.29, 0.717) is 18.8 Å². The minimum atomic E-state index is -0.377. The molecule has 0 aromatic heterocycles. The van der Waals surface area contributed by atoms with Crippen LogP contribution in [0.2, 0.25) is 0 Å². The summed E-state index contributed by atoms with van der Waals surface area (Å²) in [6.45, 7) is 3.07. The van der Waals surface area contributed by atoms with Gasteiger partial charge in [-0.3, -0.25) is 9.59 Å². The van der Waals surface area contributed by atoms with Gasteiger partial charge < -0.3 is 16.4 Å². The Morgan fingerprint density at radius 1 is 1.86 bits per heavy atom. The van der Waals surface area contributed by atoms with Gasteiger partial charge in [-0.2, -0.15) is 0 Å². The Bertz CT molecular complexity index is 235. The summed E-state index contributed by atoms with van der Waals surface area (Å²) in [4.78, 5) is 22.2. The number of carbonyl (C=O) groups is 2. The van der Waals surface area contributed by atoms with E-state index >= 15 is 0 Å². The third-order valence-corrected chi connectivity index (χ3v) is 2.90. The van der Waals surface area contributed by atoms with Gasteiger partial charge in [0.1, 0.15) is 6.04 Å². The zero-order chi connectivity index (χ0) is 10.6. The second-order valence-corrected chi connectivity index (χ2v) is 4.37. The topological polar surface area (TPSA) is 84.2 Å². The van der Waals surface area contributed by atoms with Crippen molar-refractivity contribution in [3.8, 4) is 0 Å². The minimum absolute atomic E-state index is 0.122. The molecule has 5 nitrogen and oxygen atoms in total.